The van der Waals surface area contributed by atoms with Gasteiger partial charge < -0.3 is 4.98 Å². The maximum atomic E-state index is 11.9. The molecule has 0 spiro atoms. The van der Waals surface area contributed by atoms with Crippen LogP contribution in [0.1, 0.15) is 31.6 Å². The predicted octanol–water partition coefficient (Wildman–Crippen LogP) is 1.95. The molecule has 1 aromatic carbocycles. The van der Waals surface area contributed by atoms with E-state index in [1.165, 1.54) is 0 Å². The monoisotopic (exact) mass is 279 g/mol. The van der Waals surface area contributed by atoms with Crippen molar-refractivity contribution in [2.45, 2.75) is 25.8 Å². The number of para-hydroxylation sites is 2. The van der Waals surface area contributed by atoms with Gasteiger partial charge in [0.15, 0.2) is 0 Å². The second kappa shape index (κ2) is 4.61. The Hall–Kier alpha value is -1.40. The normalized spacial score (nSPS) is 17.7. The molecular weight excluding hydrogens is 262 g/mol. The molecule has 1 aliphatic carbocycles. The summed E-state index contributed by atoms with van der Waals surface area (Å²) in [4.78, 5) is 7.56. The minimum Gasteiger partial charge on any atom is -0.341 e. The third-order valence-corrected chi connectivity index (χ3v) is 4.95. The van der Waals surface area contributed by atoms with Gasteiger partial charge >= 0.3 is 0 Å². The van der Waals surface area contributed by atoms with E-state index >= 15 is 0 Å². The fourth-order valence-electron chi connectivity index (χ4n) is 2.15. The van der Waals surface area contributed by atoms with Crippen molar-refractivity contribution < 1.29 is 8.42 Å². The first-order valence-electron chi connectivity index (χ1n) is 6.48. The number of aromatic nitrogens is 2. The summed E-state index contributed by atoms with van der Waals surface area (Å²) in [5.41, 5.74) is 1.77. The molecule has 2 aromatic rings. The largest absolute Gasteiger partial charge is 0.341 e. The predicted molar refractivity (Wildman–Crippen MR) is 74.2 cm³/mol. The fourth-order valence-corrected chi connectivity index (χ4v) is 3.85. The maximum Gasteiger partial charge on any atom is 0.212 e. The van der Waals surface area contributed by atoms with Gasteiger partial charge in [0, 0.05) is 0 Å². The highest BCUT2D eigenvalue weighted by atomic mass is 32.2. The highest BCUT2D eigenvalue weighted by Gasteiger charge is 2.29. The molecular formula is C13H17N3O2S. The molecule has 2 N–H and O–H groups in total. The van der Waals surface area contributed by atoms with Gasteiger partial charge in [0.2, 0.25) is 10.0 Å². The van der Waals surface area contributed by atoms with E-state index in [1.54, 1.807) is 0 Å². The van der Waals surface area contributed by atoms with Gasteiger partial charge in [-0.3, -0.25) is 0 Å². The van der Waals surface area contributed by atoms with Crippen molar-refractivity contribution in [1.29, 1.82) is 0 Å². The van der Waals surface area contributed by atoms with Crippen molar-refractivity contribution in [3.63, 3.8) is 0 Å². The standard InChI is InChI=1S/C13H17N3O2S/c1-9(16-19(17,18)8-10-6-7-10)13-14-11-4-2-3-5-12(11)15-13/h2-5,9-10,16H,6-8H2,1H3,(H,14,15). The quantitative estimate of drug-likeness (QED) is 0.878. The first-order valence-corrected chi connectivity index (χ1v) is 8.13. The Balaban J connectivity index is 1.77. The lowest BCUT2D eigenvalue weighted by atomic mass is 10.3. The molecule has 0 amide bonds. The molecule has 1 heterocycles. The summed E-state index contributed by atoms with van der Waals surface area (Å²) in [6.45, 7) is 1.81. The van der Waals surface area contributed by atoms with E-state index in [0.717, 1.165) is 23.9 Å². The maximum absolute atomic E-state index is 11.9. The molecule has 19 heavy (non-hydrogen) atoms. The van der Waals surface area contributed by atoms with Crippen molar-refractivity contribution in [1.82, 2.24) is 14.7 Å². The minimum atomic E-state index is -3.21. The lowest BCUT2D eigenvalue weighted by Gasteiger charge is -2.11. The third kappa shape index (κ3) is 2.96. The summed E-state index contributed by atoms with van der Waals surface area (Å²) in [5.74, 6) is 1.23. The first kappa shape index (κ1) is 12.6. The van der Waals surface area contributed by atoms with Crippen LogP contribution < -0.4 is 4.72 Å². The molecule has 1 saturated carbocycles. The van der Waals surface area contributed by atoms with Crippen LogP contribution in [-0.4, -0.2) is 24.1 Å². The van der Waals surface area contributed by atoms with E-state index in [0.29, 0.717) is 11.7 Å². The van der Waals surface area contributed by atoms with Crippen molar-refractivity contribution in [3.8, 4) is 0 Å². The number of benzene rings is 1. The number of hydrogen-bond acceptors (Lipinski definition) is 3. The van der Waals surface area contributed by atoms with Gasteiger partial charge in [-0.2, -0.15) is 0 Å². The van der Waals surface area contributed by atoms with Crippen LogP contribution in [0.15, 0.2) is 24.3 Å². The zero-order chi connectivity index (χ0) is 13.5. The second-order valence-corrected chi connectivity index (χ2v) is 7.00. The average Bonchev–Trinajstić information content (AvgIpc) is 3.03. The summed E-state index contributed by atoms with van der Waals surface area (Å²) in [6.07, 6.45) is 2.06. The van der Waals surface area contributed by atoms with Crippen LogP contribution in [0, 0.1) is 5.92 Å². The van der Waals surface area contributed by atoms with E-state index < -0.39 is 10.0 Å². The van der Waals surface area contributed by atoms with Gasteiger partial charge in [-0.05, 0) is 37.8 Å². The average molecular weight is 279 g/mol. The van der Waals surface area contributed by atoms with E-state index in [9.17, 15) is 8.42 Å². The zero-order valence-electron chi connectivity index (χ0n) is 10.8. The van der Waals surface area contributed by atoms with Gasteiger partial charge in [-0.15, -0.1) is 0 Å². The first-order chi connectivity index (χ1) is 9.03. The molecule has 1 unspecified atom stereocenters. The van der Waals surface area contributed by atoms with Gasteiger partial charge in [0.05, 0.1) is 22.8 Å². The van der Waals surface area contributed by atoms with Crippen LogP contribution >= 0.6 is 0 Å². The Kier molecular flexibility index (Phi) is 3.06. The molecule has 5 nitrogen and oxygen atoms in total. The topological polar surface area (TPSA) is 74.8 Å². The molecule has 3 rings (SSSR count). The van der Waals surface area contributed by atoms with Crippen molar-refractivity contribution >= 4 is 21.1 Å². The highest BCUT2D eigenvalue weighted by Crippen LogP contribution is 2.30. The number of nitrogens with one attached hydrogen (secondary N) is 2. The van der Waals surface area contributed by atoms with E-state index in [1.807, 2.05) is 31.2 Å². The number of nitrogens with zero attached hydrogens (tertiary/aromatic N) is 1. The molecule has 1 aromatic heterocycles. The van der Waals surface area contributed by atoms with Gasteiger partial charge in [0.25, 0.3) is 0 Å². The van der Waals surface area contributed by atoms with Gasteiger partial charge in [0.1, 0.15) is 5.82 Å². The van der Waals surface area contributed by atoms with Crippen LogP contribution in [0.2, 0.25) is 0 Å². The summed E-state index contributed by atoms with van der Waals surface area (Å²) in [5, 5.41) is 0. The molecule has 0 radical (unpaired) electrons. The van der Waals surface area contributed by atoms with Gasteiger partial charge in [-0.1, -0.05) is 12.1 Å². The Bertz CT molecular complexity index is 656. The molecule has 6 heteroatoms. The number of aromatic amines is 1. The van der Waals surface area contributed by atoms with Crippen molar-refractivity contribution in [2.75, 3.05) is 5.75 Å². The van der Waals surface area contributed by atoms with E-state index in [4.69, 9.17) is 0 Å². The lowest BCUT2D eigenvalue weighted by Crippen LogP contribution is -2.30. The Morgan fingerprint density at radius 3 is 2.84 bits per heavy atom. The molecule has 0 saturated heterocycles. The van der Waals surface area contributed by atoms with Crippen LogP contribution in [0.5, 0.6) is 0 Å². The van der Waals surface area contributed by atoms with Crippen molar-refractivity contribution in [3.05, 3.63) is 30.1 Å². The fraction of sp³-hybridized carbons (Fsp3) is 0.462. The molecule has 1 fully saturated rings. The number of H-pyrrole nitrogens is 1. The molecule has 1 atom stereocenters. The molecule has 102 valence electrons. The third-order valence-electron chi connectivity index (χ3n) is 3.33. The number of rotatable bonds is 5. The molecule has 0 aliphatic heterocycles. The molecule has 0 bridgehead atoms. The van der Waals surface area contributed by atoms with Gasteiger partial charge in [-0.25, -0.2) is 18.1 Å². The number of fused-ring (bicyclic) bond motifs is 1. The van der Waals surface area contributed by atoms with E-state index in [2.05, 4.69) is 14.7 Å². The van der Waals surface area contributed by atoms with Crippen LogP contribution in [0.4, 0.5) is 0 Å². The highest BCUT2D eigenvalue weighted by molar-refractivity contribution is 7.89. The SMILES string of the molecule is CC(NS(=O)(=O)CC1CC1)c1nc2ccccc2[nH]1. The number of imidazole rings is 1. The number of sulfonamides is 1. The Labute approximate surface area is 112 Å². The summed E-state index contributed by atoms with van der Waals surface area (Å²) in [7, 11) is -3.21. The summed E-state index contributed by atoms with van der Waals surface area (Å²) < 4.78 is 26.5. The summed E-state index contributed by atoms with van der Waals surface area (Å²) in [6, 6.07) is 7.33. The van der Waals surface area contributed by atoms with Crippen LogP contribution in [-0.2, 0) is 10.0 Å². The lowest BCUT2D eigenvalue weighted by molar-refractivity contribution is 0.558. The minimum absolute atomic E-state index is 0.234. The van der Waals surface area contributed by atoms with Crippen LogP contribution in [0.3, 0.4) is 0 Å². The zero-order valence-corrected chi connectivity index (χ0v) is 11.6. The Morgan fingerprint density at radius 1 is 1.42 bits per heavy atom. The number of hydrogen-bond donors (Lipinski definition) is 2. The smallest absolute Gasteiger partial charge is 0.212 e. The summed E-state index contributed by atoms with van der Waals surface area (Å²) >= 11 is 0. The van der Waals surface area contributed by atoms with Crippen LogP contribution in [0.25, 0.3) is 11.0 Å². The second-order valence-electron chi connectivity index (χ2n) is 5.20. The Morgan fingerprint density at radius 2 is 2.16 bits per heavy atom. The van der Waals surface area contributed by atoms with E-state index in [-0.39, 0.29) is 11.8 Å². The van der Waals surface area contributed by atoms with Crippen molar-refractivity contribution in [2.24, 2.45) is 5.92 Å². The molecule has 1 aliphatic rings.